The van der Waals surface area contributed by atoms with Crippen LogP contribution in [-0.4, -0.2) is 64.8 Å². The number of rotatable bonds is 9. The van der Waals surface area contributed by atoms with Gasteiger partial charge >= 0.3 is 0 Å². The number of aliphatic imine (C=N–C) groups is 1. The van der Waals surface area contributed by atoms with Crippen molar-refractivity contribution in [2.75, 3.05) is 30.4 Å². The molecule has 2 aromatic rings. The van der Waals surface area contributed by atoms with Crippen molar-refractivity contribution in [2.45, 2.75) is 38.6 Å². The number of ether oxygens (including phenoxy) is 1. The lowest BCUT2D eigenvalue weighted by molar-refractivity contribution is -0.00178. The van der Waals surface area contributed by atoms with Crippen molar-refractivity contribution in [2.24, 2.45) is 4.99 Å². The molecule has 1 saturated heterocycles. The monoisotopic (exact) mass is 455 g/mol. The molecule has 11 heteroatoms. The molecular weight excluding hydrogens is 429 g/mol. The summed E-state index contributed by atoms with van der Waals surface area (Å²) in [6, 6.07) is 5.27. The van der Waals surface area contributed by atoms with E-state index < -0.39 is 17.7 Å². The van der Waals surface area contributed by atoms with E-state index in [9.17, 15) is 14.3 Å². The maximum absolute atomic E-state index is 14.1. The zero-order valence-electron chi connectivity index (χ0n) is 18.6. The molecule has 1 aliphatic heterocycles. The summed E-state index contributed by atoms with van der Waals surface area (Å²) in [4.78, 5) is 25.5. The van der Waals surface area contributed by atoms with Crippen molar-refractivity contribution in [1.82, 2.24) is 15.3 Å². The van der Waals surface area contributed by atoms with Crippen molar-refractivity contribution in [3.05, 3.63) is 35.7 Å². The number of aliphatic hydroxyl groups is 1. The van der Waals surface area contributed by atoms with Gasteiger partial charge in [0.1, 0.15) is 23.7 Å². The van der Waals surface area contributed by atoms with Gasteiger partial charge in [0.2, 0.25) is 0 Å². The van der Waals surface area contributed by atoms with Crippen LogP contribution in [0.5, 0.6) is 0 Å². The third-order valence-electron chi connectivity index (χ3n) is 4.87. The van der Waals surface area contributed by atoms with Gasteiger partial charge in [0, 0.05) is 24.7 Å². The first-order valence-electron chi connectivity index (χ1n) is 10.4. The van der Waals surface area contributed by atoms with Crippen LogP contribution in [0.15, 0.2) is 29.5 Å². The van der Waals surface area contributed by atoms with Crippen LogP contribution in [-0.2, 0) is 4.74 Å². The predicted molar refractivity (Wildman–Crippen MR) is 122 cm³/mol. The summed E-state index contributed by atoms with van der Waals surface area (Å²) >= 11 is 0. The van der Waals surface area contributed by atoms with Crippen LogP contribution in [0.1, 0.15) is 36.7 Å². The maximum Gasteiger partial charge on any atom is 0.255 e. The number of pyridine rings is 2. The van der Waals surface area contributed by atoms with Crippen LogP contribution in [0.25, 0.3) is 0 Å². The van der Waals surface area contributed by atoms with E-state index in [2.05, 4.69) is 30.9 Å². The number of amides is 1. The largest absolute Gasteiger partial charge is 0.387 e. The second-order valence-corrected chi connectivity index (χ2v) is 8.04. The van der Waals surface area contributed by atoms with E-state index in [0.717, 1.165) is 0 Å². The minimum Gasteiger partial charge on any atom is -0.387 e. The molecule has 0 spiro atoms. The van der Waals surface area contributed by atoms with E-state index in [0.29, 0.717) is 41.8 Å². The second-order valence-electron chi connectivity index (χ2n) is 8.04. The van der Waals surface area contributed by atoms with Crippen LogP contribution in [0.3, 0.4) is 0 Å². The normalized spacial score (nSPS) is 14.9. The third-order valence-corrected chi connectivity index (χ3v) is 4.87. The van der Waals surface area contributed by atoms with Crippen LogP contribution < -0.4 is 16.0 Å². The number of hydrogen-bond donors (Lipinski definition) is 4. The number of nitriles is 1. The molecule has 1 unspecified atom stereocenters. The number of halogens is 1. The lowest BCUT2D eigenvalue weighted by atomic mass is 10.0. The molecule has 33 heavy (non-hydrogen) atoms. The van der Waals surface area contributed by atoms with Gasteiger partial charge < -0.3 is 25.8 Å². The van der Waals surface area contributed by atoms with Crippen molar-refractivity contribution in [3.8, 4) is 6.07 Å². The number of nitrogens with one attached hydrogen (secondary N) is 3. The summed E-state index contributed by atoms with van der Waals surface area (Å²) in [7, 11) is 0. The summed E-state index contributed by atoms with van der Waals surface area (Å²) in [6.45, 7) is 5.06. The topological polar surface area (TPSA) is 145 Å². The second kappa shape index (κ2) is 10.3. The van der Waals surface area contributed by atoms with Gasteiger partial charge in [0.25, 0.3) is 5.91 Å². The summed E-state index contributed by atoms with van der Waals surface area (Å²) < 4.78 is 19.3. The van der Waals surface area contributed by atoms with Gasteiger partial charge in [-0.25, -0.2) is 14.4 Å². The molecule has 0 saturated carbocycles. The van der Waals surface area contributed by atoms with Gasteiger partial charge in [-0.3, -0.25) is 9.79 Å². The third kappa shape index (κ3) is 6.21. The van der Waals surface area contributed by atoms with E-state index in [-0.39, 0.29) is 18.2 Å². The predicted octanol–water partition coefficient (Wildman–Crippen LogP) is 2.46. The Bertz CT molecular complexity index is 1070. The fraction of sp³-hybridized carbons (Fsp3) is 0.409. The molecule has 3 rings (SSSR count). The molecular formula is C22H26FN7O3. The first kappa shape index (κ1) is 24.0. The molecule has 1 atom stereocenters. The highest BCUT2D eigenvalue weighted by Crippen LogP contribution is 2.28. The molecule has 1 fully saturated rings. The Morgan fingerprint density at radius 1 is 1.42 bits per heavy atom. The Kier molecular flexibility index (Phi) is 7.52. The number of aromatic nitrogens is 2. The Hall–Kier alpha value is -3.62. The molecule has 0 aliphatic carbocycles. The molecule has 2 aromatic heterocycles. The minimum absolute atomic E-state index is 0.0189. The van der Waals surface area contributed by atoms with E-state index in [1.165, 1.54) is 26.2 Å². The minimum atomic E-state index is -1.63. The zero-order chi connectivity index (χ0) is 24.0. The average Bonchev–Trinajstić information content (AvgIpc) is 2.75. The van der Waals surface area contributed by atoms with Gasteiger partial charge in [-0.15, -0.1) is 0 Å². The van der Waals surface area contributed by atoms with Gasteiger partial charge in [-0.05, 0) is 26.8 Å². The molecule has 1 amide bonds. The van der Waals surface area contributed by atoms with E-state index in [4.69, 9.17) is 10.00 Å². The van der Waals surface area contributed by atoms with Crippen molar-refractivity contribution in [3.63, 3.8) is 0 Å². The Morgan fingerprint density at radius 2 is 2.18 bits per heavy atom. The van der Waals surface area contributed by atoms with E-state index in [1.807, 2.05) is 6.07 Å². The number of alkyl halides is 1. The van der Waals surface area contributed by atoms with Crippen molar-refractivity contribution < 1.29 is 19.0 Å². The van der Waals surface area contributed by atoms with Gasteiger partial charge in [0.05, 0.1) is 48.2 Å². The lowest BCUT2D eigenvalue weighted by Crippen LogP contribution is -2.43. The Labute approximate surface area is 190 Å². The highest BCUT2D eigenvalue weighted by molar-refractivity contribution is 6.00. The molecule has 3 heterocycles. The van der Waals surface area contributed by atoms with Gasteiger partial charge in [0.15, 0.2) is 5.82 Å². The maximum atomic E-state index is 14.1. The molecule has 10 nitrogen and oxygen atoms in total. The van der Waals surface area contributed by atoms with Crippen LogP contribution in [0, 0.1) is 11.3 Å². The summed E-state index contributed by atoms with van der Waals surface area (Å²) in [6.07, 6.45) is 2.73. The summed E-state index contributed by atoms with van der Waals surface area (Å²) in [5, 5.41) is 27.6. The Balaban J connectivity index is 1.84. The van der Waals surface area contributed by atoms with Crippen molar-refractivity contribution >= 4 is 35.1 Å². The summed E-state index contributed by atoms with van der Waals surface area (Å²) in [5.74, 6) is 0.246. The quantitative estimate of drug-likeness (QED) is 0.422. The average molecular weight is 455 g/mol. The van der Waals surface area contributed by atoms with Gasteiger partial charge in [-0.2, -0.15) is 5.26 Å². The van der Waals surface area contributed by atoms with Crippen LogP contribution in [0.4, 0.5) is 27.4 Å². The fourth-order valence-corrected chi connectivity index (χ4v) is 2.86. The number of carbonyl (C=O) groups excluding carboxylic acids is 1. The molecule has 4 N–H and O–H groups in total. The zero-order valence-corrected chi connectivity index (χ0v) is 18.6. The fourth-order valence-electron chi connectivity index (χ4n) is 2.86. The van der Waals surface area contributed by atoms with E-state index in [1.54, 1.807) is 25.3 Å². The number of anilines is 3. The number of hydrogen-bond acceptors (Lipinski definition) is 9. The smallest absolute Gasteiger partial charge is 0.255 e. The highest BCUT2D eigenvalue weighted by atomic mass is 19.1. The van der Waals surface area contributed by atoms with Crippen LogP contribution >= 0.6 is 0 Å². The number of carbonyl (C=O) groups is 1. The highest BCUT2D eigenvalue weighted by Gasteiger charge is 2.28. The van der Waals surface area contributed by atoms with Crippen molar-refractivity contribution in [1.29, 1.82) is 5.26 Å². The lowest BCUT2D eigenvalue weighted by Gasteiger charge is -2.29. The molecule has 0 radical (unpaired) electrons. The molecule has 1 aliphatic rings. The first-order valence-corrected chi connectivity index (χ1v) is 10.4. The van der Waals surface area contributed by atoms with Crippen LogP contribution in [0.2, 0.25) is 0 Å². The SMILES string of the molecule is CC=Nc1cc(C#N)cnc1Nc1cc(NC2COC2)c(C(=O)NCC(F)C(C)(C)O)cn1. The summed E-state index contributed by atoms with van der Waals surface area (Å²) in [5.41, 5.74) is -0.0503. The first-order chi connectivity index (χ1) is 15.7. The number of nitrogens with zero attached hydrogens (tertiary/aromatic N) is 4. The van der Waals surface area contributed by atoms with E-state index >= 15 is 0 Å². The molecule has 174 valence electrons. The molecule has 0 aromatic carbocycles. The Morgan fingerprint density at radius 3 is 2.79 bits per heavy atom. The van der Waals surface area contributed by atoms with Gasteiger partial charge in [-0.1, -0.05) is 0 Å². The standard InChI is InChI=1S/C22H26FN7O3/c1-4-25-17-5-13(7-24)8-27-20(17)30-19-6-16(29-14-11-33-12-14)15(9-26-19)21(31)28-10-18(23)22(2,3)32/h4-6,8-9,14,18,32H,10-12H2,1-3H3,(H,28,31)(H2,26,27,29,30). The molecule has 0 bridgehead atoms.